The molecule has 0 unspecified atom stereocenters. The summed E-state index contributed by atoms with van der Waals surface area (Å²) in [4.78, 5) is 12.1. The number of anilines is 1. The number of nitrogens with one attached hydrogen (secondary N) is 1. The maximum atomic E-state index is 4.94. The molecule has 1 aromatic carbocycles. The predicted molar refractivity (Wildman–Crippen MR) is 116 cm³/mol. The molecule has 0 bridgehead atoms. The number of guanidine groups is 1. The molecule has 0 saturated carbocycles. The molecule has 4 rings (SSSR count). The molecule has 2 aliphatic rings. The number of rotatable bonds is 6. The van der Waals surface area contributed by atoms with Crippen molar-refractivity contribution in [2.45, 2.75) is 20.0 Å². The van der Waals surface area contributed by atoms with Gasteiger partial charge < -0.3 is 19.6 Å². The quantitative estimate of drug-likeness (QED) is 0.461. The first-order valence-corrected chi connectivity index (χ1v) is 10.5. The number of benzene rings is 1. The Labute approximate surface area is 172 Å². The second-order valence-corrected chi connectivity index (χ2v) is 7.47. The summed E-state index contributed by atoms with van der Waals surface area (Å²) in [5.41, 5.74) is 3.51. The van der Waals surface area contributed by atoms with Crippen LogP contribution in [-0.4, -0.2) is 66.7 Å². The van der Waals surface area contributed by atoms with E-state index in [0.717, 1.165) is 64.0 Å². The highest BCUT2D eigenvalue weighted by Crippen LogP contribution is 2.19. The van der Waals surface area contributed by atoms with Crippen molar-refractivity contribution in [2.24, 2.45) is 4.99 Å². The van der Waals surface area contributed by atoms with Gasteiger partial charge in [0.25, 0.3) is 0 Å². The third-order valence-electron chi connectivity index (χ3n) is 5.39. The summed E-state index contributed by atoms with van der Waals surface area (Å²) in [5, 5.41) is 7.48. The summed E-state index contributed by atoms with van der Waals surface area (Å²) < 4.78 is 4.94. The molecule has 0 radical (unpaired) electrons. The van der Waals surface area contributed by atoms with Gasteiger partial charge in [-0.25, -0.2) is 4.99 Å². The molecule has 154 valence electrons. The highest BCUT2D eigenvalue weighted by molar-refractivity contribution is 5.80. The fraction of sp³-hybridized carbons (Fsp3) is 0.455. The second kappa shape index (κ2) is 9.60. The fourth-order valence-electron chi connectivity index (χ4n) is 3.80. The summed E-state index contributed by atoms with van der Waals surface area (Å²) in [6.45, 7) is 10.4. The Morgan fingerprint density at radius 3 is 2.69 bits per heavy atom. The molecule has 0 spiro atoms. The summed E-state index contributed by atoms with van der Waals surface area (Å²) in [7, 11) is 0. The van der Waals surface area contributed by atoms with E-state index < -0.39 is 0 Å². The Kier molecular flexibility index (Phi) is 6.46. The van der Waals surface area contributed by atoms with Gasteiger partial charge in [0.1, 0.15) is 6.26 Å². The lowest BCUT2D eigenvalue weighted by atomic mass is 10.2. The Bertz CT molecular complexity index is 816. The van der Waals surface area contributed by atoms with Crippen molar-refractivity contribution in [3.05, 3.63) is 60.0 Å². The van der Waals surface area contributed by atoms with Crippen LogP contribution in [0.2, 0.25) is 0 Å². The van der Waals surface area contributed by atoms with E-state index in [4.69, 9.17) is 9.52 Å². The SMILES string of the molecule is CCNC(=NCc1cccc(N2CC=CC2)c1)N1CCN(Cc2ccon2)CC1. The molecule has 2 aromatic rings. The molecule has 29 heavy (non-hydrogen) atoms. The van der Waals surface area contributed by atoms with Gasteiger partial charge in [0.15, 0.2) is 5.96 Å². The molecule has 7 nitrogen and oxygen atoms in total. The van der Waals surface area contributed by atoms with E-state index in [9.17, 15) is 0 Å². The summed E-state index contributed by atoms with van der Waals surface area (Å²) in [6.07, 6.45) is 6.07. The van der Waals surface area contributed by atoms with Crippen LogP contribution in [0.15, 0.2) is 58.3 Å². The molecule has 0 atom stereocenters. The maximum Gasteiger partial charge on any atom is 0.194 e. The second-order valence-electron chi connectivity index (χ2n) is 7.47. The molecule has 0 aliphatic carbocycles. The zero-order valence-electron chi connectivity index (χ0n) is 17.1. The van der Waals surface area contributed by atoms with E-state index in [1.54, 1.807) is 6.26 Å². The van der Waals surface area contributed by atoms with Gasteiger partial charge in [-0.3, -0.25) is 4.90 Å². The zero-order chi connectivity index (χ0) is 19.9. The monoisotopic (exact) mass is 394 g/mol. The standard InChI is InChI=1S/C22H30N6O/c1-2-23-22(28-13-11-26(12-14-28)18-20-8-15-29-25-20)24-17-19-6-5-7-21(16-19)27-9-3-4-10-27/h3-8,15-16H,2,9-14,17-18H2,1H3,(H,23,24). The Hall–Kier alpha value is -2.80. The molecular weight excluding hydrogens is 364 g/mol. The predicted octanol–water partition coefficient (Wildman–Crippen LogP) is 2.33. The van der Waals surface area contributed by atoms with Crippen LogP contribution in [0.3, 0.4) is 0 Å². The molecule has 1 aromatic heterocycles. The largest absolute Gasteiger partial charge is 0.364 e. The lowest BCUT2D eigenvalue weighted by Crippen LogP contribution is -2.52. The van der Waals surface area contributed by atoms with Crippen LogP contribution >= 0.6 is 0 Å². The van der Waals surface area contributed by atoms with Gasteiger partial charge in [-0.2, -0.15) is 0 Å². The molecule has 7 heteroatoms. The summed E-state index contributed by atoms with van der Waals surface area (Å²) in [5.74, 6) is 1.00. The molecule has 0 amide bonds. The van der Waals surface area contributed by atoms with Gasteiger partial charge in [0.05, 0.1) is 12.2 Å². The molecule has 2 aliphatic heterocycles. The van der Waals surface area contributed by atoms with Gasteiger partial charge >= 0.3 is 0 Å². The van der Waals surface area contributed by atoms with Crippen LogP contribution in [0.1, 0.15) is 18.2 Å². The fourth-order valence-corrected chi connectivity index (χ4v) is 3.80. The number of aromatic nitrogens is 1. The van der Waals surface area contributed by atoms with E-state index in [1.165, 1.54) is 11.3 Å². The van der Waals surface area contributed by atoms with Crippen molar-refractivity contribution in [3.8, 4) is 0 Å². The van der Waals surface area contributed by atoms with E-state index >= 15 is 0 Å². The van der Waals surface area contributed by atoms with Crippen molar-refractivity contribution < 1.29 is 4.52 Å². The van der Waals surface area contributed by atoms with E-state index in [-0.39, 0.29) is 0 Å². The first-order valence-electron chi connectivity index (χ1n) is 10.5. The van der Waals surface area contributed by atoms with Crippen molar-refractivity contribution >= 4 is 11.6 Å². The first-order chi connectivity index (χ1) is 14.3. The number of hydrogen-bond acceptors (Lipinski definition) is 5. The maximum absolute atomic E-state index is 4.94. The van der Waals surface area contributed by atoms with Crippen LogP contribution in [0.5, 0.6) is 0 Å². The van der Waals surface area contributed by atoms with Crippen molar-refractivity contribution in [1.82, 2.24) is 20.3 Å². The van der Waals surface area contributed by atoms with Crippen LogP contribution in [0, 0.1) is 0 Å². The van der Waals surface area contributed by atoms with Crippen LogP contribution in [0.25, 0.3) is 0 Å². The van der Waals surface area contributed by atoms with Gasteiger partial charge in [0, 0.05) is 64.1 Å². The van der Waals surface area contributed by atoms with E-state index in [2.05, 4.69) is 68.5 Å². The van der Waals surface area contributed by atoms with Crippen LogP contribution < -0.4 is 10.2 Å². The van der Waals surface area contributed by atoms with Gasteiger partial charge in [-0.15, -0.1) is 0 Å². The highest BCUT2D eigenvalue weighted by Gasteiger charge is 2.20. The number of nitrogens with zero attached hydrogens (tertiary/aromatic N) is 5. The van der Waals surface area contributed by atoms with E-state index in [0.29, 0.717) is 6.54 Å². The van der Waals surface area contributed by atoms with Crippen molar-refractivity contribution in [3.63, 3.8) is 0 Å². The summed E-state index contributed by atoms with van der Waals surface area (Å²) >= 11 is 0. The number of hydrogen-bond donors (Lipinski definition) is 1. The minimum Gasteiger partial charge on any atom is -0.364 e. The first kappa shape index (κ1) is 19.5. The highest BCUT2D eigenvalue weighted by atomic mass is 16.5. The van der Waals surface area contributed by atoms with Crippen molar-refractivity contribution in [2.75, 3.05) is 50.7 Å². The topological polar surface area (TPSA) is 60.1 Å². The lowest BCUT2D eigenvalue weighted by molar-refractivity contribution is 0.169. The molecule has 3 heterocycles. The molecule has 1 N–H and O–H groups in total. The van der Waals surface area contributed by atoms with Crippen LogP contribution in [-0.2, 0) is 13.1 Å². The van der Waals surface area contributed by atoms with Gasteiger partial charge in [0.2, 0.25) is 0 Å². The Balaban J connectivity index is 1.35. The van der Waals surface area contributed by atoms with E-state index in [1.807, 2.05) is 6.07 Å². The normalized spacial score (nSPS) is 17.9. The molecular formula is C22H30N6O. The Morgan fingerprint density at radius 2 is 1.97 bits per heavy atom. The van der Waals surface area contributed by atoms with Gasteiger partial charge in [-0.1, -0.05) is 29.4 Å². The third kappa shape index (κ3) is 5.17. The average molecular weight is 395 g/mol. The third-order valence-corrected chi connectivity index (χ3v) is 5.39. The van der Waals surface area contributed by atoms with Gasteiger partial charge in [-0.05, 0) is 24.6 Å². The van der Waals surface area contributed by atoms with Crippen LogP contribution in [0.4, 0.5) is 5.69 Å². The smallest absolute Gasteiger partial charge is 0.194 e. The zero-order valence-corrected chi connectivity index (χ0v) is 17.1. The minimum absolute atomic E-state index is 0.691. The number of aliphatic imine (C=N–C) groups is 1. The molecule has 1 fully saturated rings. The average Bonchev–Trinajstić information content (AvgIpc) is 3.46. The van der Waals surface area contributed by atoms with Crippen molar-refractivity contribution in [1.29, 1.82) is 0 Å². The summed E-state index contributed by atoms with van der Waals surface area (Å²) in [6, 6.07) is 10.7. The molecule has 1 saturated heterocycles. The number of piperazine rings is 1. The lowest BCUT2D eigenvalue weighted by Gasteiger charge is -2.36. The minimum atomic E-state index is 0.691. The Morgan fingerprint density at radius 1 is 1.14 bits per heavy atom.